The van der Waals surface area contributed by atoms with E-state index >= 15 is 0 Å². The minimum absolute atomic E-state index is 0.367. The molecule has 5 heteroatoms. The van der Waals surface area contributed by atoms with Gasteiger partial charge in [-0.25, -0.2) is 9.97 Å². The number of hydrogen-bond acceptors (Lipinski definition) is 3. The van der Waals surface area contributed by atoms with Crippen LogP contribution in [0, 0.1) is 6.92 Å². The van der Waals surface area contributed by atoms with Gasteiger partial charge >= 0.3 is 0 Å². The van der Waals surface area contributed by atoms with Crippen molar-refractivity contribution in [2.45, 2.75) is 19.3 Å². The van der Waals surface area contributed by atoms with Crippen molar-refractivity contribution in [3.63, 3.8) is 0 Å². The molecule has 1 aromatic carbocycles. The Morgan fingerprint density at radius 3 is 2.52 bits per heavy atom. The van der Waals surface area contributed by atoms with Crippen LogP contribution in [0.4, 0.5) is 0 Å². The van der Waals surface area contributed by atoms with E-state index in [0.29, 0.717) is 12.4 Å². The molecule has 0 atom stereocenters. The smallest absolute Gasteiger partial charge is 0.160 e. The van der Waals surface area contributed by atoms with E-state index in [1.165, 1.54) is 0 Å². The summed E-state index contributed by atoms with van der Waals surface area (Å²) in [7, 11) is 1.66. The number of benzene rings is 1. The van der Waals surface area contributed by atoms with Gasteiger partial charge in [0.25, 0.3) is 0 Å². The van der Waals surface area contributed by atoms with Crippen LogP contribution in [-0.2, 0) is 12.4 Å². The van der Waals surface area contributed by atoms with Gasteiger partial charge in [-0.2, -0.15) is 0 Å². The molecule has 0 spiro atoms. The fraction of sp³-hybridized carbons (Fsp3) is 0.250. The molecule has 3 aromatic rings. The lowest BCUT2D eigenvalue weighted by molar-refractivity contribution is 0.414. The van der Waals surface area contributed by atoms with Crippen LogP contribution in [0.5, 0.6) is 5.75 Å². The van der Waals surface area contributed by atoms with E-state index in [2.05, 4.69) is 14.5 Å². The van der Waals surface area contributed by atoms with E-state index in [-0.39, 0.29) is 0 Å². The number of aryl methyl sites for hydroxylation is 1. The van der Waals surface area contributed by atoms with E-state index < -0.39 is 0 Å². The van der Waals surface area contributed by atoms with E-state index in [0.717, 1.165) is 34.0 Å². The van der Waals surface area contributed by atoms with Gasteiger partial charge in [-0.3, -0.25) is 0 Å². The number of fused-ring (bicyclic) bond motifs is 1. The molecule has 0 bridgehead atoms. The molecule has 108 valence electrons. The third-order valence-corrected chi connectivity index (χ3v) is 3.67. The summed E-state index contributed by atoms with van der Waals surface area (Å²) in [4.78, 5) is 9.14. The molecule has 4 nitrogen and oxygen atoms in total. The maximum absolute atomic E-state index is 6.03. The van der Waals surface area contributed by atoms with Gasteiger partial charge in [0.1, 0.15) is 17.1 Å². The van der Waals surface area contributed by atoms with Crippen molar-refractivity contribution in [3.8, 4) is 5.75 Å². The Balaban J connectivity index is 2.03. The van der Waals surface area contributed by atoms with Crippen LogP contribution in [0.25, 0.3) is 11.2 Å². The third-order valence-electron chi connectivity index (χ3n) is 3.43. The molecular weight excluding hydrogens is 286 g/mol. The van der Waals surface area contributed by atoms with Gasteiger partial charge in [-0.05, 0) is 36.8 Å². The highest BCUT2D eigenvalue weighted by molar-refractivity contribution is 6.16. The van der Waals surface area contributed by atoms with Crippen LogP contribution in [0.2, 0.25) is 0 Å². The number of rotatable bonds is 4. The number of hydrogen-bond donors (Lipinski definition) is 0. The summed E-state index contributed by atoms with van der Waals surface area (Å²) in [5.74, 6) is 2.05. The van der Waals surface area contributed by atoms with E-state index in [9.17, 15) is 0 Å². The molecule has 0 aliphatic heterocycles. The number of ether oxygens (including phenoxy) is 1. The lowest BCUT2D eigenvalue weighted by atomic mass is 10.2. The van der Waals surface area contributed by atoms with Crippen LogP contribution in [-0.4, -0.2) is 21.6 Å². The second-order valence-corrected chi connectivity index (χ2v) is 5.16. The first-order chi connectivity index (χ1) is 10.2. The highest BCUT2D eigenvalue weighted by Crippen LogP contribution is 2.19. The summed E-state index contributed by atoms with van der Waals surface area (Å²) in [6.45, 7) is 2.67. The summed E-state index contributed by atoms with van der Waals surface area (Å²) >= 11 is 6.03. The predicted molar refractivity (Wildman–Crippen MR) is 83.9 cm³/mol. The molecule has 2 heterocycles. The van der Waals surface area contributed by atoms with Crippen molar-refractivity contribution >= 4 is 22.8 Å². The Labute approximate surface area is 128 Å². The predicted octanol–water partition coefficient (Wildman–Crippen LogP) is 3.54. The summed E-state index contributed by atoms with van der Waals surface area (Å²) < 4.78 is 7.25. The largest absolute Gasteiger partial charge is 0.497 e. The first-order valence-corrected chi connectivity index (χ1v) is 7.26. The molecule has 0 aliphatic rings. The van der Waals surface area contributed by atoms with Crippen LogP contribution >= 0.6 is 11.6 Å². The first-order valence-electron chi connectivity index (χ1n) is 6.73. The van der Waals surface area contributed by atoms with Gasteiger partial charge in [0.2, 0.25) is 0 Å². The molecule has 0 amide bonds. The summed E-state index contributed by atoms with van der Waals surface area (Å²) in [5.41, 5.74) is 3.88. The number of nitrogens with zero attached hydrogens (tertiary/aromatic N) is 3. The van der Waals surface area contributed by atoms with Crippen LogP contribution < -0.4 is 4.74 Å². The molecule has 3 rings (SSSR count). The van der Waals surface area contributed by atoms with Crippen molar-refractivity contribution in [3.05, 3.63) is 53.5 Å². The maximum atomic E-state index is 6.03. The number of imidazole rings is 1. The third kappa shape index (κ3) is 2.72. The molecule has 0 saturated carbocycles. The lowest BCUT2D eigenvalue weighted by Crippen LogP contribution is -2.05. The highest BCUT2D eigenvalue weighted by atomic mass is 35.5. The normalized spacial score (nSPS) is 11.0. The highest BCUT2D eigenvalue weighted by Gasteiger charge is 2.11. The van der Waals surface area contributed by atoms with Crippen LogP contribution in [0.1, 0.15) is 17.1 Å². The van der Waals surface area contributed by atoms with E-state index in [1.807, 2.05) is 43.3 Å². The quantitative estimate of drug-likeness (QED) is 0.692. The van der Waals surface area contributed by atoms with Gasteiger partial charge in [-0.1, -0.05) is 12.1 Å². The van der Waals surface area contributed by atoms with Gasteiger partial charge < -0.3 is 9.30 Å². The molecule has 0 fully saturated rings. The fourth-order valence-corrected chi connectivity index (χ4v) is 2.53. The second kappa shape index (κ2) is 5.74. The van der Waals surface area contributed by atoms with Crippen molar-refractivity contribution in [1.82, 2.24) is 14.5 Å². The van der Waals surface area contributed by atoms with Crippen molar-refractivity contribution in [2.75, 3.05) is 7.11 Å². The zero-order valence-electron chi connectivity index (χ0n) is 12.0. The number of pyridine rings is 1. The Kier molecular flexibility index (Phi) is 3.80. The van der Waals surface area contributed by atoms with Crippen LogP contribution in [0.15, 0.2) is 36.4 Å². The number of alkyl halides is 1. The van der Waals surface area contributed by atoms with E-state index in [1.54, 1.807) is 7.11 Å². The Hall–Kier alpha value is -2.07. The Morgan fingerprint density at radius 1 is 1.10 bits per heavy atom. The SMILES string of the molecule is COc1ccc(Cn2c(CCl)nc3ccc(C)nc32)cc1. The summed E-state index contributed by atoms with van der Waals surface area (Å²) in [5, 5.41) is 0. The Morgan fingerprint density at radius 2 is 1.86 bits per heavy atom. The zero-order chi connectivity index (χ0) is 14.8. The number of aromatic nitrogens is 3. The van der Waals surface area contributed by atoms with Gasteiger partial charge in [0, 0.05) is 5.69 Å². The van der Waals surface area contributed by atoms with Crippen molar-refractivity contribution in [2.24, 2.45) is 0 Å². The maximum Gasteiger partial charge on any atom is 0.160 e. The number of halogens is 1. The fourth-order valence-electron chi connectivity index (χ4n) is 2.32. The number of methoxy groups -OCH3 is 1. The molecule has 2 aromatic heterocycles. The van der Waals surface area contributed by atoms with Gasteiger partial charge in [0.05, 0.1) is 19.5 Å². The average Bonchev–Trinajstić information content (AvgIpc) is 2.85. The molecule has 0 unspecified atom stereocenters. The van der Waals surface area contributed by atoms with Crippen molar-refractivity contribution in [1.29, 1.82) is 0 Å². The lowest BCUT2D eigenvalue weighted by Gasteiger charge is -2.08. The van der Waals surface area contributed by atoms with Gasteiger partial charge in [0.15, 0.2) is 5.65 Å². The molecule has 0 saturated heterocycles. The molecule has 0 radical (unpaired) electrons. The van der Waals surface area contributed by atoms with Gasteiger partial charge in [-0.15, -0.1) is 11.6 Å². The minimum atomic E-state index is 0.367. The topological polar surface area (TPSA) is 39.9 Å². The molecule has 21 heavy (non-hydrogen) atoms. The zero-order valence-corrected chi connectivity index (χ0v) is 12.8. The summed E-state index contributed by atoms with van der Waals surface area (Å²) in [6, 6.07) is 11.9. The molecule has 0 N–H and O–H groups in total. The first kappa shape index (κ1) is 13.9. The average molecular weight is 302 g/mol. The Bertz CT molecular complexity index is 765. The second-order valence-electron chi connectivity index (χ2n) is 4.89. The van der Waals surface area contributed by atoms with Crippen molar-refractivity contribution < 1.29 is 4.74 Å². The monoisotopic (exact) mass is 301 g/mol. The minimum Gasteiger partial charge on any atom is -0.497 e. The molecule has 0 aliphatic carbocycles. The molecular formula is C16H16ClN3O. The van der Waals surface area contributed by atoms with E-state index in [4.69, 9.17) is 16.3 Å². The standard InChI is InChI=1S/C16H16ClN3O/c1-11-3-8-14-16(18-11)20(15(9-17)19-14)10-12-4-6-13(21-2)7-5-12/h3-8H,9-10H2,1-2H3. The van der Waals surface area contributed by atoms with Crippen LogP contribution in [0.3, 0.4) is 0 Å². The summed E-state index contributed by atoms with van der Waals surface area (Å²) in [6.07, 6.45) is 0.